The molecule has 0 aliphatic carbocycles. The van der Waals surface area contributed by atoms with Gasteiger partial charge in [0.1, 0.15) is 5.52 Å². The standard InChI is InChI=1S/C12H5BrCl2N2O/c13-6-4-16-5-9-11(6)17-12(18-9)10-7(14)2-1-3-8(10)15/h1-5H. The van der Waals surface area contributed by atoms with E-state index < -0.39 is 0 Å². The molecule has 0 spiro atoms. The highest BCUT2D eigenvalue weighted by Crippen LogP contribution is 2.36. The number of hydrogen-bond donors (Lipinski definition) is 0. The summed E-state index contributed by atoms with van der Waals surface area (Å²) in [6.07, 6.45) is 3.25. The van der Waals surface area contributed by atoms with Crippen molar-refractivity contribution in [3.63, 3.8) is 0 Å². The van der Waals surface area contributed by atoms with Crippen LogP contribution in [0.1, 0.15) is 0 Å². The van der Waals surface area contributed by atoms with E-state index in [-0.39, 0.29) is 0 Å². The van der Waals surface area contributed by atoms with Gasteiger partial charge in [-0.05, 0) is 28.1 Å². The van der Waals surface area contributed by atoms with Gasteiger partial charge in [0.2, 0.25) is 5.89 Å². The molecule has 0 bridgehead atoms. The van der Waals surface area contributed by atoms with Gasteiger partial charge in [-0.1, -0.05) is 29.3 Å². The van der Waals surface area contributed by atoms with Gasteiger partial charge in [0.15, 0.2) is 5.58 Å². The lowest BCUT2D eigenvalue weighted by molar-refractivity contribution is 0.618. The second kappa shape index (κ2) is 4.53. The average Bonchev–Trinajstić information content (AvgIpc) is 2.74. The largest absolute Gasteiger partial charge is 0.434 e. The van der Waals surface area contributed by atoms with Crippen LogP contribution in [-0.4, -0.2) is 9.97 Å². The number of benzene rings is 1. The molecule has 0 saturated carbocycles. The van der Waals surface area contributed by atoms with Gasteiger partial charge in [-0.3, -0.25) is 4.98 Å². The molecule has 90 valence electrons. The Morgan fingerprint density at radius 1 is 1.11 bits per heavy atom. The van der Waals surface area contributed by atoms with E-state index in [1.807, 2.05) is 0 Å². The summed E-state index contributed by atoms with van der Waals surface area (Å²) in [5, 5.41) is 0.997. The second-order valence-electron chi connectivity index (χ2n) is 3.58. The minimum Gasteiger partial charge on any atom is -0.434 e. The van der Waals surface area contributed by atoms with Crippen LogP contribution in [0.25, 0.3) is 22.6 Å². The molecule has 2 aromatic heterocycles. The lowest BCUT2D eigenvalue weighted by Gasteiger charge is -2.00. The van der Waals surface area contributed by atoms with Crippen LogP contribution in [0.3, 0.4) is 0 Å². The Bertz CT molecular complexity index is 722. The fourth-order valence-corrected chi connectivity index (χ4v) is 2.59. The van der Waals surface area contributed by atoms with Gasteiger partial charge in [-0.25, -0.2) is 4.98 Å². The first-order chi connectivity index (χ1) is 8.66. The monoisotopic (exact) mass is 342 g/mol. The number of hydrogen-bond acceptors (Lipinski definition) is 3. The van der Waals surface area contributed by atoms with Crippen molar-refractivity contribution in [2.24, 2.45) is 0 Å². The van der Waals surface area contributed by atoms with Crippen LogP contribution in [0.5, 0.6) is 0 Å². The Kier molecular flexibility index (Phi) is 3.01. The van der Waals surface area contributed by atoms with Crippen LogP contribution in [-0.2, 0) is 0 Å². The number of pyridine rings is 1. The first-order valence-corrected chi connectivity index (χ1v) is 6.56. The fraction of sp³-hybridized carbons (Fsp3) is 0. The summed E-state index contributed by atoms with van der Waals surface area (Å²) in [6.45, 7) is 0. The highest BCUT2D eigenvalue weighted by molar-refractivity contribution is 9.10. The summed E-state index contributed by atoms with van der Waals surface area (Å²) in [5.74, 6) is 0.384. The third-order valence-corrected chi connectivity index (χ3v) is 3.65. The fourth-order valence-electron chi connectivity index (χ4n) is 1.63. The molecule has 0 radical (unpaired) electrons. The molecule has 18 heavy (non-hydrogen) atoms. The van der Waals surface area contributed by atoms with Crippen molar-refractivity contribution >= 4 is 50.2 Å². The van der Waals surface area contributed by atoms with Gasteiger partial charge in [0.25, 0.3) is 0 Å². The molecule has 1 aromatic carbocycles. The van der Waals surface area contributed by atoms with Crippen LogP contribution in [0, 0.1) is 0 Å². The third-order valence-electron chi connectivity index (χ3n) is 2.44. The van der Waals surface area contributed by atoms with Gasteiger partial charge in [-0.2, -0.15) is 0 Å². The molecule has 3 aromatic rings. The number of rotatable bonds is 1. The van der Waals surface area contributed by atoms with E-state index in [1.165, 1.54) is 0 Å². The molecule has 0 amide bonds. The normalized spacial score (nSPS) is 11.1. The SMILES string of the molecule is Clc1cccc(Cl)c1-c1nc2c(Br)cncc2o1. The van der Waals surface area contributed by atoms with Gasteiger partial charge in [0, 0.05) is 6.20 Å². The highest BCUT2D eigenvalue weighted by atomic mass is 79.9. The molecule has 0 fully saturated rings. The van der Waals surface area contributed by atoms with Gasteiger partial charge < -0.3 is 4.42 Å². The smallest absolute Gasteiger partial charge is 0.230 e. The number of oxazole rings is 1. The van der Waals surface area contributed by atoms with E-state index in [1.54, 1.807) is 30.6 Å². The molecule has 2 heterocycles. The van der Waals surface area contributed by atoms with E-state index in [9.17, 15) is 0 Å². The summed E-state index contributed by atoms with van der Waals surface area (Å²) >= 11 is 15.6. The summed E-state index contributed by atoms with van der Waals surface area (Å²) in [7, 11) is 0. The Hall–Kier alpha value is -1.10. The van der Waals surface area contributed by atoms with Crippen molar-refractivity contribution in [1.82, 2.24) is 9.97 Å². The first kappa shape index (κ1) is 12.0. The molecule has 3 nitrogen and oxygen atoms in total. The summed E-state index contributed by atoms with van der Waals surface area (Å²) in [4.78, 5) is 8.40. The maximum atomic E-state index is 6.12. The molecular formula is C12H5BrCl2N2O. The maximum absolute atomic E-state index is 6.12. The first-order valence-electron chi connectivity index (χ1n) is 5.01. The van der Waals surface area contributed by atoms with Crippen LogP contribution >= 0.6 is 39.1 Å². The molecule has 0 aliphatic heterocycles. The molecule has 0 atom stereocenters. The highest BCUT2D eigenvalue weighted by Gasteiger charge is 2.16. The summed E-state index contributed by atoms with van der Waals surface area (Å²) in [5.41, 5.74) is 1.86. The van der Waals surface area contributed by atoms with Crippen molar-refractivity contribution in [3.8, 4) is 11.5 Å². The van der Waals surface area contributed by atoms with Crippen molar-refractivity contribution < 1.29 is 4.42 Å². The maximum Gasteiger partial charge on any atom is 0.230 e. The molecule has 0 saturated heterocycles. The van der Waals surface area contributed by atoms with Crippen LogP contribution in [0.15, 0.2) is 39.5 Å². The molecule has 0 unspecified atom stereocenters. The lowest BCUT2D eigenvalue weighted by Crippen LogP contribution is -1.81. The Morgan fingerprint density at radius 2 is 1.83 bits per heavy atom. The number of halogens is 3. The zero-order chi connectivity index (χ0) is 12.7. The molecule has 3 rings (SSSR count). The predicted octanol–water partition coefficient (Wildman–Crippen LogP) is 4.96. The minimum atomic E-state index is 0.384. The van der Waals surface area contributed by atoms with E-state index in [4.69, 9.17) is 27.6 Å². The average molecular weight is 344 g/mol. The molecular weight excluding hydrogens is 339 g/mol. The van der Waals surface area contributed by atoms with Crippen molar-refractivity contribution in [2.75, 3.05) is 0 Å². The predicted molar refractivity (Wildman–Crippen MR) is 75.0 cm³/mol. The van der Waals surface area contributed by atoms with Gasteiger partial charge in [-0.15, -0.1) is 0 Å². The summed E-state index contributed by atoms with van der Waals surface area (Å²) in [6, 6.07) is 5.25. The minimum absolute atomic E-state index is 0.384. The molecule has 0 aliphatic rings. The zero-order valence-corrected chi connectivity index (χ0v) is 11.9. The second-order valence-corrected chi connectivity index (χ2v) is 5.25. The number of fused-ring (bicyclic) bond motifs is 1. The third kappa shape index (κ3) is 1.90. The topological polar surface area (TPSA) is 38.9 Å². The van der Waals surface area contributed by atoms with E-state index in [2.05, 4.69) is 25.9 Å². The van der Waals surface area contributed by atoms with Crippen LogP contribution in [0.4, 0.5) is 0 Å². The van der Waals surface area contributed by atoms with Crippen molar-refractivity contribution in [3.05, 3.63) is 45.1 Å². The van der Waals surface area contributed by atoms with Gasteiger partial charge in [0.05, 0.1) is 26.3 Å². The zero-order valence-electron chi connectivity index (χ0n) is 8.82. The van der Waals surface area contributed by atoms with E-state index >= 15 is 0 Å². The van der Waals surface area contributed by atoms with Crippen molar-refractivity contribution in [2.45, 2.75) is 0 Å². The Morgan fingerprint density at radius 3 is 2.50 bits per heavy atom. The quantitative estimate of drug-likeness (QED) is 0.626. The number of aromatic nitrogens is 2. The Labute approximate surface area is 121 Å². The Balaban J connectivity index is 2.30. The summed E-state index contributed by atoms with van der Waals surface area (Å²) < 4.78 is 6.39. The number of nitrogens with zero attached hydrogens (tertiary/aromatic N) is 2. The van der Waals surface area contributed by atoms with E-state index in [0.29, 0.717) is 32.6 Å². The van der Waals surface area contributed by atoms with Crippen molar-refractivity contribution in [1.29, 1.82) is 0 Å². The molecule has 0 N–H and O–H groups in total. The lowest BCUT2D eigenvalue weighted by atomic mass is 10.2. The van der Waals surface area contributed by atoms with Crippen LogP contribution in [0.2, 0.25) is 10.0 Å². The van der Waals surface area contributed by atoms with Gasteiger partial charge >= 0.3 is 0 Å². The van der Waals surface area contributed by atoms with E-state index in [0.717, 1.165) is 4.47 Å². The molecule has 6 heteroatoms. The van der Waals surface area contributed by atoms with Crippen LogP contribution < -0.4 is 0 Å².